The largest absolute Gasteiger partial charge is 0.494 e. The number of amides is 1. The number of hydrogen-bond donors (Lipinski definition) is 2. The van der Waals surface area contributed by atoms with Crippen molar-refractivity contribution in [3.05, 3.63) is 59.2 Å². The number of aromatic nitrogens is 1. The van der Waals surface area contributed by atoms with Crippen LogP contribution in [0.4, 0.5) is 15.8 Å². The van der Waals surface area contributed by atoms with Crippen molar-refractivity contribution in [3.8, 4) is 5.75 Å². The summed E-state index contributed by atoms with van der Waals surface area (Å²) in [5.41, 5.74) is 7.91. The van der Waals surface area contributed by atoms with Gasteiger partial charge in [-0.05, 0) is 55.5 Å². The SMILES string of the molecule is CCOc1ccc2nc3sc(C(=O)Nc4ccc(F)cc4)c(N)c3cc2c1. The van der Waals surface area contributed by atoms with Gasteiger partial charge in [-0.25, -0.2) is 9.37 Å². The van der Waals surface area contributed by atoms with Crippen LogP contribution in [0.1, 0.15) is 16.6 Å². The highest BCUT2D eigenvalue weighted by Gasteiger charge is 2.18. The third-order valence-electron chi connectivity index (χ3n) is 4.10. The zero-order chi connectivity index (χ0) is 19.0. The number of nitrogen functional groups attached to an aromatic ring is 1. The highest BCUT2D eigenvalue weighted by Crippen LogP contribution is 2.35. The van der Waals surface area contributed by atoms with Crippen LogP contribution in [0.3, 0.4) is 0 Å². The number of carbonyl (C=O) groups is 1. The molecule has 4 rings (SSSR count). The number of carbonyl (C=O) groups excluding carboxylic acids is 1. The highest BCUT2D eigenvalue weighted by atomic mass is 32.1. The summed E-state index contributed by atoms with van der Waals surface area (Å²) in [6.07, 6.45) is 0. The fourth-order valence-electron chi connectivity index (χ4n) is 2.83. The Morgan fingerprint density at radius 3 is 2.74 bits per heavy atom. The van der Waals surface area contributed by atoms with Crippen molar-refractivity contribution in [3.63, 3.8) is 0 Å². The summed E-state index contributed by atoms with van der Waals surface area (Å²) in [7, 11) is 0. The van der Waals surface area contributed by atoms with Crippen molar-refractivity contribution in [2.75, 3.05) is 17.7 Å². The minimum Gasteiger partial charge on any atom is -0.494 e. The van der Waals surface area contributed by atoms with Gasteiger partial charge in [0.15, 0.2) is 0 Å². The lowest BCUT2D eigenvalue weighted by Gasteiger charge is -2.05. The number of rotatable bonds is 4. The maximum Gasteiger partial charge on any atom is 0.267 e. The van der Waals surface area contributed by atoms with Crippen molar-refractivity contribution in [1.29, 1.82) is 0 Å². The first-order valence-corrected chi connectivity index (χ1v) is 9.19. The zero-order valence-electron chi connectivity index (χ0n) is 14.5. The predicted octanol–water partition coefficient (Wildman–Crippen LogP) is 4.82. The average molecular weight is 381 g/mol. The van der Waals surface area contributed by atoms with Gasteiger partial charge < -0.3 is 15.8 Å². The van der Waals surface area contributed by atoms with E-state index in [0.29, 0.717) is 27.7 Å². The van der Waals surface area contributed by atoms with Crippen LogP contribution in [-0.4, -0.2) is 17.5 Å². The first kappa shape index (κ1) is 17.2. The minimum absolute atomic E-state index is 0.346. The molecule has 0 atom stereocenters. The number of pyridine rings is 1. The summed E-state index contributed by atoms with van der Waals surface area (Å²) < 4.78 is 18.5. The first-order chi connectivity index (χ1) is 13.0. The standard InChI is InChI=1S/C20H16FN3O2S/c1-2-26-14-7-8-16-11(9-14)10-15-17(22)18(27-20(15)24-16)19(25)23-13-5-3-12(21)4-6-13/h3-10H,2,22H2,1H3,(H,23,25). The predicted molar refractivity (Wildman–Crippen MR) is 107 cm³/mol. The lowest BCUT2D eigenvalue weighted by Crippen LogP contribution is -2.11. The van der Waals surface area contributed by atoms with Gasteiger partial charge in [-0.3, -0.25) is 4.79 Å². The van der Waals surface area contributed by atoms with Gasteiger partial charge in [0.1, 0.15) is 21.3 Å². The van der Waals surface area contributed by atoms with Gasteiger partial charge in [-0.1, -0.05) is 0 Å². The molecule has 0 aliphatic heterocycles. The molecule has 0 aliphatic carbocycles. The first-order valence-electron chi connectivity index (χ1n) is 8.37. The van der Waals surface area contributed by atoms with E-state index in [1.54, 1.807) is 0 Å². The van der Waals surface area contributed by atoms with Crippen molar-refractivity contribution < 1.29 is 13.9 Å². The van der Waals surface area contributed by atoms with Gasteiger partial charge in [0.25, 0.3) is 5.91 Å². The van der Waals surface area contributed by atoms with Crippen LogP contribution in [0.2, 0.25) is 0 Å². The number of halogens is 1. The second-order valence-electron chi connectivity index (χ2n) is 5.93. The molecule has 5 nitrogen and oxygen atoms in total. The molecule has 136 valence electrons. The van der Waals surface area contributed by atoms with Crippen LogP contribution in [0.5, 0.6) is 5.75 Å². The minimum atomic E-state index is -0.364. The smallest absolute Gasteiger partial charge is 0.267 e. The number of nitrogens with two attached hydrogens (primary N) is 1. The third-order valence-corrected chi connectivity index (χ3v) is 5.22. The molecule has 27 heavy (non-hydrogen) atoms. The van der Waals surface area contributed by atoms with Gasteiger partial charge >= 0.3 is 0 Å². The van der Waals surface area contributed by atoms with Crippen LogP contribution in [0.25, 0.3) is 21.1 Å². The number of benzene rings is 2. The van der Waals surface area contributed by atoms with Gasteiger partial charge in [0.05, 0.1) is 17.8 Å². The number of nitrogens with zero attached hydrogens (tertiary/aromatic N) is 1. The molecule has 4 aromatic rings. The Labute approximate surface area is 158 Å². The zero-order valence-corrected chi connectivity index (χ0v) is 15.3. The molecule has 0 fully saturated rings. The van der Waals surface area contributed by atoms with Crippen LogP contribution in [0.15, 0.2) is 48.5 Å². The fraction of sp³-hybridized carbons (Fsp3) is 0.100. The van der Waals surface area contributed by atoms with Gasteiger partial charge in [0.2, 0.25) is 0 Å². The normalized spacial score (nSPS) is 11.0. The molecule has 0 saturated heterocycles. The molecule has 1 amide bonds. The van der Waals surface area contributed by atoms with E-state index in [1.165, 1.54) is 35.6 Å². The van der Waals surface area contributed by atoms with Crippen LogP contribution in [0, 0.1) is 5.82 Å². The lowest BCUT2D eigenvalue weighted by molar-refractivity contribution is 0.103. The molecule has 2 aromatic carbocycles. The number of anilines is 2. The summed E-state index contributed by atoms with van der Waals surface area (Å²) in [6.45, 7) is 2.50. The Bertz CT molecular complexity index is 1160. The van der Waals surface area contributed by atoms with Crippen molar-refractivity contribution in [1.82, 2.24) is 4.98 Å². The summed E-state index contributed by atoms with van der Waals surface area (Å²) in [5, 5.41) is 4.35. The van der Waals surface area contributed by atoms with Crippen LogP contribution < -0.4 is 15.8 Å². The van der Waals surface area contributed by atoms with Gasteiger partial charge in [-0.15, -0.1) is 11.3 Å². The molecule has 0 bridgehead atoms. The second kappa shape index (κ2) is 6.85. The maximum atomic E-state index is 13.0. The number of hydrogen-bond acceptors (Lipinski definition) is 5. The molecule has 0 saturated carbocycles. The maximum absolute atomic E-state index is 13.0. The molecule has 0 unspecified atom stereocenters. The number of ether oxygens (including phenoxy) is 1. The summed E-state index contributed by atoms with van der Waals surface area (Å²) in [5.74, 6) is 0.0482. The summed E-state index contributed by atoms with van der Waals surface area (Å²) >= 11 is 1.23. The summed E-state index contributed by atoms with van der Waals surface area (Å²) in [4.78, 5) is 18.3. The molecular formula is C20H16FN3O2S. The number of fused-ring (bicyclic) bond motifs is 2. The third kappa shape index (κ3) is 3.29. The molecule has 0 radical (unpaired) electrons. The molecule has 0 aliphatic rings. The van der Waals surface area contributed by atoms with E-state index in [9.17, 15) is 9.18 Å². The quantitative estimate of drug-likeness (QED) is 0.531. The Hall–Kier alpha value is -3.19. The van der Waals surface area contributed by atoms with Gasteiger partial charge in [0, 0.05) is 16.5 Å². The van der Waals surface area contributed by atoms with E-state index < -0.39 is 0 Å². The molecule has 0 spiro atoms. The Morgan fingerprint density at radius 1 is 1.22 bits per heavy atom. The van der Waals surface area contributed by atoms with Gasteiger partial charge in [-0.2, -0.15) is 0 Å². The van der Waals surface area contributed by atoms with E-state index >= 15 is 0 Å². The van der Waals surface area contributed by atoms with Crippen molar-refractivity contribution >= 4 is 49.7 Å². The van der Waals surface area contributed by atoms with Crippen LogP contribution in [-0.2, 0) is 0 Å². The van der Waals surface area contributed by atoms with Crippen LogP contribution >= 0.6 is 11.3 Å². The molecule has 3 N–H and O–H groups in total. The average Bonchev–Trinajstić information content (AvgIpc) is 2.98. The molecular weight excluding hydrogens is 365 g/mol. The second-order valence-corrected chi connectivity index (χ2v) is 6.93. The Kier molecular flexibility index (Phi) is 4.37. The monoisotopic (exact) mass is 381 g/mol. The van der Waals surface area contributed by atoms with E-state index in [4.69, 9.17) is 10.5 Å². The van der Waals surface area contributed by atoms with Crippen molar-refractivity contribution in [2.24, 2.45) is 0 Å². The topological polar surface area (TPSA) is 77.2 Å². The fourth-order valence-corrected chi connectivity index (χ4v) is 3.81. The number of nitrogens with one attached hydrogen (secondary N) is 1. The molecule has 2 aromatic heterocycles. The van der Waals surface area contributed by atoms with Crippen molar-refractivity contribution in [2.45, 2.75) is 6.92 Å². The Morgan fingerprint density at radius 2 is 2.00 bits per heavy atom. The number of thiophene rings is 1. The Balaban J connectivity index is 1.72. The van der Waals surface area contributed by atoms with E-state index in [2.05, 4.69) is 10.3 Å². The lowest BCUT2D eigenvalue weighted by atomic mass is 10.1. The highest BCUT2D eigenvalue weighted by molar-refractivity contribution is 7.21. The van der Waals surface area contributed by atoms with E-state index in [1.807, 2.05) is 31.2 Å². The van der Waals surface area contributed by atoms with E-state index in [0.717, 1.165) is 22.0 Å². The molecule has 2 heterocycles. The summed E-state index contributed by atoms with van der Waals surface area (Å²) in [6, 6.07) is 13.1. The molecule has 7 heteroatoms. The van der Waals surface area contributed by atoms with E-state index in [-0.39, 0.29) is 11.7 Å².